The average Bonchev–Trinajstić information content (AvgIpc) is 3.49. The molecule has 2 bridgehead atoms. The molecule has 1 aliphatic heterocycles. The van der Waals surface area contributed by atoms with Crippen LogP contribution in [0.3, 0.4) is 0 Å². The number of amides is 1. The number of benzene rings is 1. The molecular weight excluding hydrogens is 370 g/mol. The van der Waals surface area contributed by atoms with Gasteiger partial charge in [0.15, 0.2) is 5.75 Å². The lowest BCUT2D eigenvalue weighted by Gasteiger charge is -2.26. The predicted molar refractivity (Wildman–Crippen MR) is 111 cm³/mol. The highest BCUT2D eigenvalue weighted by molar-refractivity contribution is 5.99. The maximum atomic E-state index is 12.7. The lowest BCUT2D eigenvalue weighted by Crippen LogP contribution is -2.40. The number of likely N-dealkylation sites (tertiary alicyclic amines) is 1. The quantitative estimate of drug-likeness (QED) is 0.532. The molecule has 1 saturated heterocycles. The summed E-state index contributed by atoms with van der Waals surface area (Å²) in [6.07, 6.45) is 6.58. The Morgan fingerprint density at radius 3 is 2.48 bits per heavy atom. The zero-order chi connectivity index (χ0) is 20.1. The van der Waals surface area contributed by atoms with Gasteiger partial charge in [0, 0.05) is 19.1 Å². The van der Waals surface area contributed by atoms with Crippen molar-refractivity contribution >= 4 is 23.0 Å². The van der Waals surface area contributed by atoms with Crippen molar-refractivity contribution in [2.24, 2.45) is 11.8 Å². The van der Waals surface area contributed by atoms with Gasteiger partial charge in [-0.1, -0.05) is 12.5 Å². The first-order chi connectivity index (χ1) is 14.0. The van der Waals surface area contributed by atoms with Gasteiger partial charge in [-0.25, -0.2) is 0 Å². The first kappa shape index (κ1) is 18.2. The van der Waals surface area contributed by atoms with Gasteiger partial charge in [0.2, 0.25) is 0 Å². The first-order valence-corrected chi connectivity index (χ1v) is 10.5. The van der Waals surface area contributed by atoms with Crippen LogP contribution in [-0.2, 0) is 0 Å². The summed E-state index contributed by atoms with van der Waals surface area (Å²) in [5.74, 6) is 0.877. The fourth-order valence-electron chi connectivity index (χ4n) is 5.30. The van der Waals surface area contributed by atoms with Gasteiger partial charge in [-0.2, -0.15) is 0 Å². The highest BCUT2D eigenvalue weighted by atomic mass is 16.3. The summed E-state index contributed by atoms with van der Waals surface area (Å²) in [7, 11) is 0. The number of carbonyl (C=O) groups is 1. The zero-order valence-electron chi connectivity index (χ0n) is 16.2. The Bertz CT molecular complexity index is 1030. The molecule has 1 unspecified atom stereocenters. The number of carbonyl (C=O) groups excluding carboxylic acids is 1. The summed E-state index contributed by atoms with van der Waals surface area (Å²) >= 11 is 0. The molecule has 1 amide bonds. The summed E-state index contributed by atoms with van der Waals surface area (Å²) in [6.45, 7) is 1.37. The van der Waals surface area contributed by atoms with Crippen LogP contribution in [0.4, 0.5) is 17.1 Å². The Labute approximate surface area is 168 Å². The van der Waals surface area contributed by atoms with Gasteiger partial charge >= 0.3 is 0 Å². The number of hydrogen-bond acceptors (Lipinski definition) is 6. The summed E-state index contributed by atoms with van der Waals surface area (Å²) in [5, 5.41) is 16.8. The van der Waals surface area contributed by atoms with E-state index in [2.05, 4.69) is 10.6 Å². The maximum absolute atomic E-state index is 12.7. The Hall–Kier alpha value is -2.83. The van der Waals surface area contributed by atoms with Crippen LogP contribution in [0.1, 0.15) is 48.9 Å². The Kier molecular flexibility index (Phi) is 4.33. The number of nitrogens with one attached hydrogen (secondary N) is 2. The van der Waals surface area contributed by atoms with Crippen LogP contribution in [-0.4, -0.2) is 35.0 Å². The van der Waals surface area contributed by atoms with E-state index in [1.165, 1.54) is 19.3 Å². The third kappa shape index (κ3) is 2.99. The molecule has 2 aromatic carbocycles. The number of para-hydroxylation sites is 1. The van der Waals surface area contributed by atoms with E-state index in [1.54, 1.807) is 23.1 Å². The number of rotatable bonds is 5. The molecule has 1 heterocycles. The zero-order valence-corrected chi connectivity index (χ0v) is 16.2. The normalized spacial score (nSPS) is 25.7. The fourth-order valence-corrected chi connectivity index (χ4v) is 5.30. The van der Waals surface area contributed by atoms with Gasteiger partial charge in [-0.15, -0.1) is 0 Å². The number of aromatic hydroxyl groups is 1. The van der Waals surface area contributed by atoms with Crippen LogP contribution < -0.4 is 21.5 Å². The molecule has 0 aromatic heterocycles. The summed E-state index contributed by atoms with van der Waals surface area (Å²) in [6, 6.07) is 5.08. The van der Waals surface area contributed by atoms with Crippen LogP contribution in [0.2, 0.25) is 0 Å². The average molecular weight is 395 g/mol. The molecular formula is C22H25N3O4. The van der Waals surface area contributed by atoms with Gasteiger partial charge in [0.1, 0.15) is 11.4 Å². The van der Waals surface area contributed by atoms with Crippen molar-refractivity contribution < 1.29 is 9.90 Å². The van der Waals surface area contributed by atoms with E-state index in [0.29, 0.717) is 24.7 Å². The fraction of sp³-hybridized carbons (Fsp3) is 0.500. The maximum Gasteiger partial charge on any atom is 0.257 e. The lowest BCUT2D eigenvalue weighted by atomic mass is 9.94. The van der Waals surface area contributed by atoms with E-state index in [9.17, 15) is 19.5 Å². The second-order valence-electron chi connectivity index (χ2n) is 8.66. The molecule has 3 atom stereocenters. The number of anilines is 3. The van der Waals surface area contributed by atoms with Crippen molar-refractivity contribution in [3.63, 3.8) is 0 Å². The predicted octanol–water partition coefficient (Wildman–Crippen LogP) is 2.57. The van der Waals surface area contributed by atoms with E-state index in [0.717, 1.165) is 25.2 Å². The molecule has 152 valence electrons. The van der Waals surface area contributed by atoms with Gasteiger partial charge < -0.3 is 20.6 Å². The first-order valence-electron chi connectivity index (χ1n) is 10.5. The third-order valence-electron chi connectivity index (χ3n) is 6.90. The van der Waals surface area contributed by atoms with Crippen molar-refractivity contribution in [1.29, 1.82) is 0 Å². The van der Waals surface area contributed by atoms with Gasteiger partial charge in [-0.05, 0) is 56.1 Å². The molecule has 2 aromatic rings. The van der Waals surface area contributed by atoms with E-state index < -0.39 is 10.9 Å². The summed E-state index contributed by atoms with van der Waals surface area (Å²) < 4.78 is 0. The van der Waals surface area contributed by atoms with Crippen LogP contribution in [0.25, 0.3) is 0 Å². The number of fused-ring (bicyclic) bond motifs is 2. The minimum atomic E-state index is -0.591. The van der Waals surface area contributed by atoms with Crippen molar-refractivity contribution in [2.45, 2.75) is 44.6 Å². The number of hydrogen-bond donors (Lipinski definition) is 3. The second-order valence-corrected chi connectivity index (χ2v) is 8.66. The highest BCUT2D eigenvalue weighted by Crippen LogP contribution is 2.46. The largest absolute Gasteiger partial charge is 0.505 e. The Balaban J connectivity index is 1.38. The molecule has 5 rings (SSSR count). The van der Waals surface area contributed by atoms with Gasteiger partial charge in [-0.3, -0.25) is 14.4 Å². The van der Waals surface area contributed by atoms with E-state index >= 15 is 0 Å². The van der Waals surface area contributed by atoms with E-state index in [4.69, 9.17) is 0 Å². The van der Waals surface area contributed by atoms with Crippen molar-refractivity contribution in [3.8, 4) is 5.75 Å². The van der Waals surface area contributed by atoms with Crippen molar-refractivity contribution in [3.05, 3.63) is 44.2 Å². The summed E-state index contributed by atoms with van der Waals surface area (Å²) in [5.41, 5.74) is -0.149. The Morgan fingerprint density at radius 2 is 1.79 bits per heavy atom. The van der Waals surface area contributed by atoms with Gasteiger partial charge in [0.25, 0.3) is 16.8 Å². The van der Waals surface area contributed by atoms with Crippen LogP contribution >= 0.6 is 0 Å². The van der Waals surface area contributed by atoms with Crippen LogP contribution in [0, 0.1) is 11.8 Å². The standard InChI is InChI=1S/C22H25N3O4/c26-19-14(22(29)25-8-1-2-9-25)4-3-5-15(19)23-17-18(21(28)20(17)27)24-16-11-12-6-7-13(16)10-12/h3-5,12-13,16,23-24,26H,1-2,6-11H2/t12-,13+,16?/m1/s1. The molecule has 7 nitrogen and oxygen atoms in total. The Morgan fingerprint density at radius 1 is 1.03 bits per heavy atom. The van der Waals surface area contributed by atoms with Crippen LogP contribution in [0.5, 0.6) is 5.75 Å². The molecule has 29 heavy (non-hydrogen) atoms. The lowest BCUT2D eigenvalue weighted by molar-refractivity contribution is 0.0790. The number of nitrogens with zero attached hydrogens (tertiary/aromatic N) is 1. The monoisotopic (exact) mass is 395 g/mol. The molecule has 3 aliphatic rings. The molecule has 3 N–H and O–H groups in total. The van der Waals surface area contributed by atoms with E-state index in [1.807, 2.05) is 0 Å². The number of phenolic OH excluding ortho intramolecular Hbond substituents is 1. The topological polar surface area (TPSA) is 98.7 Å². The third-order valence-corrected chi connectivity index (χ3v) is 6.90. The van der Waals surface area contributed by atoms with E-state index in [-0.39, 0.29) is 34.6 Å². The molecule has 7 heteroatoms. The SMILES string of the molecule is O=C(c1cccc(Nc2c(NC3C[C@@H]4CC[C@H]3C4)c(=O)c2=O)c1O)N1CCCC1. The van der Waals surface area contributed by atoms with Crippen LogP contribution in [0.15, 0.2) is 27.8 Å². The molecule has 2 saturated carbocycles. The minimum Gasteiger partial charge on any atom is -0.505 e. The smallest absolute Gasteiger partial charge is 0.257 e. The highest BCUT2D eigenvalue weighted by Gasteiger charge is 2.40. The molecule has 0 spiro atoms. The van der Waals surface area contributed by atoms with Gasteiger partial charge in [0.05, 0.1) is 11.3 Å². The number of phenols is 1. The van der Waals surface area contributed by atoms with Crippen molar-refractivity contribution in [1.82, 2.24) is 4.90 Å². The molecule has 2 aliphatic carbocycles. The van der Waals surface area contributed by atoms with Crippen molar-refractivity contribution in [2.75, 3.05) is 23.7 Å². The minimum absolute atomic E-state index is 0.179. The molecule has 0 radical (unpaired) electrons. The summed E-state index contributed by atoms with van der Waals surface area (Å²) in [4.78, 5) is 38.7. The molecule has 3 fully saturated rings. The second kappa shape index (κ2) is 6.90.